The molecule has 0 spiro atoms. The lowest BCUT2D eigenvalue weighted by molar-refractivity contribution is 0.0944. The predicted octanol–water partition coefficient (Wildman–Crippen LogP) is 4.90. The van der Waals surface area contributed by atoms with Crippen molar-refractivity contribution in [1.29, 1.82) is 0 Å². The van der Waals surface area contributed by atoms with E-state index >= 15 is 0 Å². The van der Waals surface area contributed by atoms with E-state index in [4.69, 9.17) is 0 Å². The molecule has 4 heteroatoms. The molecular formula is C17H17Br2NO. The minimum Gasteiger partial charge on any atom is -0.351 e. The molecular weight excluding hydrogens is 394 g/mol. The molecule has 0 aromatic heterocycles. The quantitative estimate of drug-likeness (QED) is 0.698. The Bertz CT molecular complexity index is 680. The predicted molar refractivity (Wildman–Crippen MR) is 94.1 cm³/mol. The molecule has 0 atom stereocenters. The standard InChI is InChI=1S/C17H17Br2NO/c18-8-7-17(5-6-17)11-20-16(21)14-2-1-13-10-15(19)4-3-12(13)9-14/h1-4,9-10H,5-8,11H2,(H,20,21). The molecule has 1 N–H and O–H groups in total. The third kappa shape index (κ3) is 3.49. The number of fused-ring (bicyclic) bond motifs is 1. The molecule has 3 rings (SSSR count). The van der Waals surface area contributed by atoms with Crippen molar-refractivity contribution in [2.45, 2.75) is 19.3 Å². The zero-order valence-corrected chi connectivity index (χ0v) is 14.8. The third-order valence-electron chi connectivity index (χ3n) is 4.27. The molecule has 1 saturated carbocycles. The largest absolute Gasteiger partial charge is 0.351 e. The van der Waals surface area contributed by atoms with Crippen molar-refractivity contribution in [1.82, 2.24) is 5.32 Å². The first-order valence-electron chi connectivity index (χ1n) is 7.15. The summed E-state index contributed by atoms with van der Waals surface area (Å²) in [6.07, 6.45) is 3.59. The molecule has 1 aliphatic carbocycles. The van der Waals surface area contributed by atoms with E-state index in [-0.39, 0.29) is 5.91 Å². The number of rotatable bonds is 5. The number of carbonyl (C=O) groups is 1. The van der Waals surface area contributed by atoms with Gasteiger partial charge in [-0.15, -0.1) is 0 Å². The van der Waals surface area contributed by atoms with Crippen LogP contribution in [0.2, 0.25) is 0 Å². The Kier molecular flexibility index (Phi) is 4.36. The summed E-state index contributed by atoms with van der Waals surface area (Å²) in [5, 5.41) is 6.33. The van der Waals surface area contributed by atoms with Crippen molar-refractivity contribution < 1.29 is 4.79 Å². The van der Waals surface area contributed by atoms with Gasteiger partial charge in [-0.25, -0.2) is 0 Å². The molecule has 21 heavy (non-hydrogen) atoms. The van der Waals surface area contributed by atoms with Crippen LogP contribution in [0.25, 0.3) is 10.8 Å². The lowest BCUT2D eigenvalue weighted by atomic mass is 10.0. The first kappa shape index (κ1) is 15.0. The zero-order valence-electron chi connectivity index (χ0n) is 11.7. The third-order valence-corrected chi connectivity index (χ3v) is 5.16. The smallest absolute Gasteiger partial charge is 0.251 e. The van der Waals surface area contributed by atoms with Gasteiger partial charge >= 0.3 is 0 Å². The SMILES string of the molecule is O=C(NCC1(CCBr)CC1)c1ccc2cc(Br)ccc2c1. The molecule has 0 unspecified atom stereocenters. The molecule has 0 saturated heterocycles. The Morgan fingerprint density at radius 2 is 1.86 bits per heavy atom. The highest BCUT2D eigenvalue weighted by Gasteiger charge is 2.41. The van der Waals surface area contributed by atoms with Gasteiger partial charge in [0.05, 0.1) is 0 Å². The van der Waals surface area contributed by atoms with Gasteiger partial charge in [-0.3, -0.25) is 4.79 Å². The molecule has 2 nitrogen and oxygen atoms in total. The minimum absolute atomic E-state index is 0.0284. The Morgan fingerprint density at radius 1 is 1.14 bits per heavy atom. The molecule has 1 amide bonds. The van der Waals surface area contributed by atoms with Crippen LogP contribution in [0.1, 0.15) is 29.6 Å². The molecule has 0 aliphatic heterocycles. The summed E-state index contributed by atoms with van der Waals surface area (Å²) in [7, 11) is 0. The second-order valence-electron chi connectivity index (χ2n) is 5.83. The molecule has 1 fully saturated rings. The number of nitrogens with one attached hydrogen (secondary N) is 1. The molecule has 1 aliphatic rings. The Labute approximate surface area is 141 Å². The number of benzene rings is 2. The Morgan fingerprint density at radius 3 is 2.57 bits per heavy atom. The summed E-state index contributed by atoms with van der Waals surface area (Å²) in [6, 6.07) is 11.9. The fourth-order valence-corrected chi connectivity index (χ4v) is 3.84. The van der Waals surface area contributed by atoms with Crippen molar-refractivity contribution >= 4 is 48.5 Å². The second-order valence-corrected chi connectivity index (χ2v) is 7.54. The van der Waals surface area contributed by atoms with Gasteiger partial charge in [-0.05, 0) is 59.7 Å². The van der Waals surface area contributed by atoms with Gasteiger partial charge in [0.25, 0.3) is 5.91 Å². The van der Waals surface area contributed by atoms with E-state index in [9.17, 15) is 4.79 Å². The summed E-state index contributed by atoms with van der Waals surface area (Å²) in [4.78, 5) is 12.3. The average Bonchev–Trinajstić information content (AvgIpc) is 3.25. The lowest BCUT2D eigenvalue weighted by Gasteiger charge is -2.14. The van der Waals surface area contributed by atoms with Crippen molar-refractivity contribution in [3.63, 3.8) is 0 Å². The number of carbonyl (C=O) groups excluding carboxylic acids is 1. The maximum atomic E-state index is 12.3. The molecule has 0 radical (unpaired) electrons. The van der Waals surface area contributed by atoms with E-state index in [2.05, 4.69) is 43.2 Å². The number of halogens is 2. The molecule has 0 bridgehead atoms. The maximum Gasteiger partial charge on any atom is 0.251 e. The van der Waals surface area contributed by atoms with Gasteiger partial charge in [-0.2, -0.15) is 0 Å². The van der Waals surface area contributed by atoms with Gasteiger partial charge in [-0.1, -0.05) is 44.0 Å². The second kappa shape index (κ2) is 6.09. The van der Waals surface area contributed by atoms with E-state index in [1.807, 2.05) is 30.3 Å². The summed E-state index contributed by atoms with van der Waals surface area (Å²) in [6.45, 7) is 0.788. The van der Waals surface area contributed by atoms with E-state index in [1.165, 1.54) is 12.8 Å². The van der Waals surface area contributed by atoms with Crippen molar-refractivity contribution in [3.8, 4) is 0 Å². The molecule has 0 heterocycles. The van der Waals surface area contributed by atoms with Gasteiger partial charge < -0.3 is 5.32 Å². The summed E-state index contributed by atoms with van der Waals surface area (Å²) in [5.41, 5.74) is 1.08. The monoisotopic (exact) mass is 409 g/mol. The lowest BCUT2D eigenvalue weighted by Crippen LogP contribution is -2.30. The summed E-state index contributed by atoms with van der Waals surface area (Å²) >= 11 is 6.96. The van der Waals surface area contributed by atoms with Crippen LogP contribution in [0, 0.1) is 5.41 Å². The molecule has 2 aromatic carbocycles. The van der Waals surface area contributed by atoms with Crippen LogP contribution in [0.15, 0.2) is 40.9 Å². The van der Waals surface area contributed by atoms with Gasteiger partial charge in [0, 0.05) is 21.9 Å². The van der Waals surface area contributed by atoms with Crippen molar-refractivity contribution in [3.05, 3.63) is 46.4 Å². The van der Waals surface area contributed by atoms with Crippen LogP contribution >= 0.6 is 31.9 Å². The fourth-order valence-electron chi connectivity index (χ4n) is 2.62. The van der Waals surface area contributed by atoms with Crippen LogP contribution in [0.4, 0.5) is 0 Å². The normalized spacial score (nSPS) is 15.9. The van der Waals surface area contributed by atoms with Crippen LogP contribution < -0.4 is 5.32 Å². The first-order chi connectivity index (χ1) is 10.1. The zero-order chi connectivity index (χ0) is 14.9. The highest BCUT2D eigenvalue weighted by Crippen LogP contribution is 2.48. The van der Waals surface area contributed by atoms with Crippen molar-refractivity contribution in [2.75, 3.05) is 11.9 Å². The van der Waals surface area contributed by atoms with Crippen LogP contribution in [-0.4, -0.2) is 17.8 Å². The fraction of sp³-hybridized carbons (Fsp3) is 0.353. The highest BCUT2D eigenvalue weighted by atomic mass is 79.9. The summed E-state index contributed by atoms with van der Waals surface area (Å²) in [5.74, 6) is 0.0284. The summed E-state index contributed by atoms with van der Waals surface area (Å²) < 4.78 is 1.05. The van der Waals surface area contributed by atoms with Crippen LogP contribution in [-0.2, 0) is 0 Å². The topological polar surface area (TPSA) is 29.1 Å². The average molecular weight is 411 g/mol. The Balaban J connectivity index is 1.71. The number of alkyl halides is 1. The first-order valence-corrected chi connectivity index (χ1v) is 9.07. The number of amides is 1. The van der Waals surface area contributed by atoms with Crippen molar-refractivity contribution in [2.24, 2.45) is 5.41 Å². The van der Waals surface area contributed by atoms with Gasteiger partial charge in [0.2, 0.25) is 0 Å². The maximum absolute atomic E-state index is 12.3. The van der Waals surface area contributed by atoms with E-state index in [1.54, 1.807) is 0 Å². The minimum atomic E-state index is 0.0284. The number of hydrogen-bond acceptors (Lipinski definition) is 1. The van der Waals surface area contributed by atoms with Gasteiger partial charge in [0.1, 0.15) is 0 Å². The molecule has 110 valence electrons. The van der Waals surface area contributed by atoms with Crippen LogP contribution in [0.3, 0.4) is 0 Å². The Hall–Kier alpha value is -0.870. The highest BCUT2D eigenvalue weighted by molar-refractivity contribution is 9.10. The van der Waals surface area contributed by atoms with E-state index in [0.717, 1.165) is 39.1 Å². The van der Waals surface area contributed by atoms with Gasteiger partial charge in [0.15, 0.2) is 0 Å². The van der Waals surface area contributed by atoms with E-state index < -0.39 is 0 Å². The van der Waals surface area contributed by atoms with Crippen LogP contribution in [0.5, 0.6) is 0 Å². The molecule has 2 aromatic rings. The number of hydrogen-bond donors (Lipinski definition) is 1. The van der Waals surface area contributed by atoms with E-state index in [0.29, 0.717) is 5.41 Å².